The Morgan fingerprint density at radius 2 is 2.53 bits per heavy atom. The maximum absolute atomic E-state index is 5.69. The van der Waals surface area contributed by atoms with Crippen molar-refractivity contribution in [2.24, 2.45) is 5.73 Å². The Bertz CT molecular complexity index is 332. The smallest absolute Gasteiger partial charge is 0.0669 e. The quantitative estimate of drug-likeness (QED) is 0.850. The molecule has 0 spiro atoms. The summed E-state index contributed by atoms with van der Waals surface area (Å²) in [6.07, 6.45) is 5.14. The average molecular weight is 224 g/mol. The van der Waals surface area contributed by atoms with Gasteiger partial charge in [-0.2, -0.15) is 0 Å². The number of nitrogens with two attached hydrogens (primary N) is 1. The molecule has 1 aromatic rings. The van der Waals surface area contributed by atoms with Gasteiger partial charge >= 0.3 is 0 Å². The highest BCUT2D eigenvalue weighted by Crippen LogP contribution is 2.33. The highest BCUT2D eigenvalue weighted by atomic mass is 32.2. The summed E-state index contributed by atoms with van der Waals surface area (Å²) in [5, 5.41) is 0.541. The molecule has 2 N–H and O–H groups in total. The molecule has 2 rings (SSSR count). The molecular weight excluding hydrogens is 208 g/mol. The van der Waals surface area contributed by atoms with Crippen LogP contribution in [-0.2, 0) is 11.3 Å². The number of ether oxygens (including phenoxy) is 1. The number of rotatable bonds is 3. The summed E-state index contributed by atoms with van der Waals surface area (Å²) in [4.78, 5) is 5.34. The molecular formula is C11H16N2OS. The van der Waals surface area contributed by atoms with Crippen molar-refractivity contribution in [3.63, 3.8) is 0 Å². The first-order valence-corrected chi connectivity index (χ1v) is 6.10. The van der Waals surface area contributed by atoms with Crippen LogP contribution in [0.1, 0.15) is 18.9 Å². The van der Waals surface area contributed by atoms with Gasteiger partial charge in [-0.1, -0.05) is 0 Å². The van der Waals surface area contributed by atoms with E-state index in [0.29, 0.717) is 17.9 Å². The first-order valence-electron chi connectivity index (χ1n) is 5.22. The van der Waals surface area contributed by atoms with E-state index in [9.17, 15) is 0 Å². The van der Waals surface area contributed by atoms with Gasteiger partial charge in [0.15, 0.2) is 0 Å². The molecule has 1 aliphatic rings. The molecule has 2 unspecified atom stereocenters. The molecule has 3 nitrogen and oxygen atoms in total. The van der Waals surface area contributed by atoms with Crippen LogP contribution in [0, 0.1) is 0 Å². The molecule has 0 amide bonds. The molecule has 1 aromatic heterocycles. The minimum absolute atomic E-state index is 0.334. The van der Waals surface area contributed by atoms with Gasteiger partial charge in [0.05, 0.1) is 6.10 Å². The fraction of sp³-hybridized carbons (Fsp3) is 0.545. The van der Waals surface area contributed by atoms with Crippen LogP contribution in [0.4, 0.5) is 0 Å². The lowest BCUT2D eigenvalue weighted by Gasteiger charge is -2.15. The Morgan fingerprint density at radius 1 is 1.67 bits per heavy atom. The van der Waals surface area contributed by atoms with Gasteiger partial charge in [-0.15, -0.1) is 11.8 Å². The number of aromatic nitrogens is 1. The van der Waals surface area contributed by atoms with Gasteiger partial charge in [0.25, 0.3) is 0 Å². The Morgan fingerprint density at radius 3 is 3.20 bits per heavy atom. The van der Waals surface area contributed by atoms with Crippen molar-refractivity contribution in [1.82, 2.24) is 4.98 Å². The lowest BCUT2D eigenvalue weighted by molar-refractivity contribution is 0.127. The molecule has 82 valence electrons. The Labute approximate surface area is 94.4 Å². The third kappa shape index (κ3) is 2.51. The highest BCUT2D eigenvalue weighted by molar-refractivity contribution is 8.00. The van der Waals surface area contributed by atoms with E-state index in [1.165, 1.54) is 10.5 Å². The van der Waals surface area contributed by atoms with Crippen LogP contribution in [0.5, 0.6) is 0 Å². The van der Waals surface area contributed by atoms with Crippen molar-refractivity contribution in [3.8, 4) is 0 Å². The van der Waals surface area contributed by atoms with E-state index in [0.717, 1.165) is 13.0 Å². The number of hydrogen-bond donors (Lipinski definition) is 1. The van der Waals surface area contributed by atoms with E-state index in [4.69, 9.17) is 10.5 Å². The van der Waals surface area contributed by atoms with Crippen LogP contribution < -0.4 is 5.73 Å². The van der Waals surface area contributed by atoms with E-state index in [1.807, 2.05) is 24.0 Å². The molecule has 2 atom stereocenters. The summed E-state index contributed by atoms with van der Waals surface area (Å²) in [6, 6.07) is 1.99. The lowest BCUT2D eigenvalue weighted by atomic mass is 10.2. The molecule has 0 aliphatic carbocycles. The molecule has 0 bridgehead atoms. The number of thioether (sulfide) groups is 1. The number of pyridine rings is 1. The number of hydrogen-bond acceptors (Lipinski definition) is 4. The molecule has 2 heterocycles. The molecule has 1 saturated heterocycles. The molecule has 0 saturated carbocycles. The van der Waals surface area contributed by atoms with Gasteiger partial charge in [0.2, 0.25) is 0 Å². The van der Waals surface area contributed by atoms with Crippen LogP contribution in [0.2, 0.25) is 0 Å². The van der Waals surface area contributed by atoms with Crippen LogP contribution in [-0.4, -0.2) is 22.9 Å². The topological polar surface area (TPSA) is 48.1 Å². The van der Waals surface area contributed by atoms with Crippen LogP contribution in [0.25, 0.3) is 0 Å². The first-order chi connectivity index (χ1) is 7.31. The molecule has 4 heteroatoms. The third-order valence-corrected chi connectivity index (χ3v) is 4.22. The third-order valence-electron chi connectivity index (χ3n) is 2.67. The van der Waals surface area contributed by atoms with E-state index in [2.05, 4.69) is 11.9 Å². The summed E-state index contributed by atoms with van der Waals surface area (Å²) in [5.74, 6) is 0. The summed E-state index contributed by atoms with van der Waals surface area (Å²) in [5.41, 5.74) is 6.86. The molecule has 15 heavy (non-hydrogen) atoms. The number of nitrogens with zero attached hydrogens (tertiary/aromatic N) is 1. The monoisotopic (exact) mass is 224 g/mol. The maximum atomic E-state index is 5.69. The van der Waals surface area contributed by atoms with E-state index >= 15 is 0 Å². The summed E-state index contributed by atoms with van der Waals surface area (Å²) in [7, 11) is 0. The van der Waals surface area contributed by atoms with Crippen LogP contribution in [0.3, 0.4) is 0 Å². The fourth-order valence-corrected chi connectivity index (χ4v) is 2.95. The highest BCUT2D eigenvalue weighted by Gasteiger charge is 2.25. The van der Waals surface area contributed by atoms with Crippen molar-refractivity contribution in [3.05, 3.63) is 24.0 Å². The first kappa shape index (κ1) is 10.9. The second-order valence-corrected chi connectivity index (χ2v) is 4.99. The van der Waals surface area contributed by atoms with Crippen molar-refractivity contribution in [1.29, 1.82) is 0 Å². The largest absolute Gasteiger partial charge is 0.377 e. The molecule has 1 aliphatic heterocycles. The predicted molar refractivity (Wildman–Crippen MR) is 61.8 cm³/mol. The van der Waals surface area contributed by atoms with Crippen molar-refractivity contribution in [2.75, 3.05) is 6.61 Å². The van der Waals surface area contributed by atoms with Crippen molar-refractivity contribution in [2.45, 2.75) is 36.1 Å². The maximum Gasteiger partial charge on any atom is 0.0669 e. The summed E-state index contributed by atoms with van der Waals surface area (Å²) in [6.45, 7) is 3.58. The van der Waals surface area contributed by atoms with Gasteiger partial charge in [-0.3, -0.25) is 4.98 Å². The van der Waals surface area contributed by atoms with Gasteiger partial charge in [0, 0.05) is 35.7 Å². The SMILES string of the molecule is CC1OCCC1Sc1cnccc1CN. The average Bonchev–Trinajstić information content (AvgIpc) is 2.65. The van der Waals surface area contributed by atoms with E-state index < -0.39 is 0 Å². The van der Waals surface area contributed by atoms with E-state index in [1.54, 1.807) is 6.20 Å². The molecule has 0 radical (unpaired) electrons. The minimum Gasteiger partial charge on any atom is -0.377 e. The minimum atomic E-state index is 0.334. The van der Waals surface area contributed by atoms with Gasteiger partial charge < -0.3 is 10.5 Å². The van der Waals surface area contributed by atoms with Crippen LogP contribution in [0.15, 0.2) is 23.4 Å². The predicted octanol–water partition coefficient (Wildman–Crippen LogP) is 1.81. The standard InChI is InChI=1S/C11H16N2OS/c1-8-10(3-5-14-8)15-11-7-13-4-2-9(11)6-12/h2,4,7-8,10H,3,5-6,12H2,1H3. The van der Waals surface area contributed by atoms with E-state index in [-0.39, 0.29) is 0 Å². The molecule has 0 aromatic carbocycles. The summed E-state index contributed by atoms with van der Waals surface area (Å²) < 4.78 is 5.54. The Hall–Kier alpha value is -0.580. The van der Waals surface area contributed by atoms with Gasteiger partial charge in [0.1, 0.15) is 0 Å². The van der Waals surface area contributed by atoms with Gasteiger partial charge in [-0.05, 0) is 25.0 Å². The Kier molecular flexibility index (Phi) is 3.61. The lowest BCUT2D eigenvalue weighted by Crippen LogP contribution is -2.13. The molecule has 1 fully saturated rings. The fourth-order valence-electron chi connectivity index (χ4n) is 1.71. The second-order valence-electron chi connectivity index (χ2n) is 3.71. The second kappa shape index (κ2) is 4.96. The van der Waals surface area contributed by atoms with Gasteiger partial charge in [-0.25, -0.2) is 0 Å². The zero-order valence-electron chi connectivity index (χ0n) is 8.85. The summed E-state index contributed by atoms with van der Waals surface area (Å²) >= 11 is 1.84. The Balaban J connectivity index is 2.09. The zero-order chi connectivity index (χ0) is 10.7. The van der Waals surface area contributed by atoms with Crippen LogP contribution >= 0.6 is 11.8 Å². The van der Waals surface area contributed by atoms with Crippen molar-refractivity contribution < 1.29 is 4.74 Å². The normalized spacial score (nSPS) is 25.7. The zero-order valence-corrected chi connectivity index (χ0v) is 9.67. The van der Waals surface area contributed by atoms with Crippen molar-refractivity contribution >= 4 is 11.8 Å².